The molecule has 0 heterocycles. The van der Waals surface area contributed by atoms with Crippen LogP contribution in [-0.4, -0.2) is 0 Å². The molecule has 0 radical (unpaired) electrons. The van der Waals surface area contributed by atoms with Gasteiger partial charge in [-0.05, 0) is 37.0 Å². The van der Waals surface area contributed by atoms with Gasteiger partial charge in [0, 0.05) is 0 Å². The van der Waals surface area contributed by atoms with Crippen LogP contribution in [0.3, 0.4) is 0 Å². The van der Waals surface area contributed by atoms with E-state index in [2.05, 4.69) is 6.92 Å². The monoisotopic (exact) mass is 110 g/mol. The summed E-state index contributed by atoms with van der Waals surface area (Å²) in [5.74, 6) is 3.36. The van der Waals surface area contributed by atoms with Gasteiger partial charge in [0.15, 0.2) is 0 Å². The van der Waals surface area contributed by atoms with Gasteiger partial charge in [0.25, 0.3) is 0 Å². The van der Waals surface area contributed by atoms with Crippen LogP contribution in [0.25, 0.3) is 0 Å². The molecule has 0 amide bonds. The predicted molar refractivity (Wildman–Crippen MR) is 34.6 cm³/mol. The molecule has 0 heteroatoms. The lowest BCUT2D eigenvalue weighted by Gasteiger charge is -2.15. The average Bonchev–Trinajstić information content (AvgIpc) is 2.23. The lowest BCUT2D eigenvalue weighted by molar-refractivity contribution is 0.360. The summed E-state index contributed by atoms with van der Waals surface area (Å²) in [6.45, 7) is 2.42. The first-order valence-corrected chi connectivity index (χ1v) is 3.86. The molecule has 2 rings (SSSR count). The van der Waals surface area contributed by atoms with Crippen molar-refractivity contribution in [2.24, 2.45) is 17.8 Å². The van der Waals surface area contributed by atoms with Crippen LogP contribution in [0.15, 0.2) is 0 Å². The maximum absolute atomic E-state index is 2.42. The highest BCUT2D eigenvalue weighted by Gasteiger charge is 2.36. The molecule has 1 unspecified atom stereocenters. The van der Waals surface area contributed by atoms with Gasteiger partial charge in [-0.1, -0.05) is 13.3 Å². The zero-order valence-electron chi connectivity index (χ0n) is 5.56. The van der Waals surface area contributed by atoms with E-state index >= 15 is 0 Å². The standard InChI is InChI=1S/C8H14/c1-6-4-7-2-3-8(6)5-7/h6-8H,2-5H2,1H3/t6-,7+,8?/m0/s1. The van der Waals surface area contributed by atoms with Crippen molar-refractivity contribution in [1.82, 2.24) is 0 Å². The van der Waals surface area contributed by atoms with Crippen molar-refractivity contribution < 1.29 is 0 Å². The second kappa shape index (κ2) is 1.49. The number of hydrogen-bond donors (Lipinski definition) is 0. The summed E-state index contributed by atoms with van der Waals surface area (Å²) in [7, 11) is 0. The van der Waals surface area contributed by atoms with Crippen LogP contribution in [0.4, 0.5) is 0 Å². The van der Waals surface area contributed by atoms with Gasteiger partial charge < -0.3 is 0 Å². The second-order valence-corrected chi connectivity index (χ2v) is 3.65. The minimum Gasteiger partial charge on any atom is -0.0622 e. The molecule has 2 fully saturated rings. The molecule has 0 spiro atoms. The Bertz CT molecular complexity index is 94.2. The molecule has 0 nitrogen and oxygen atoms in total. The smallest absolute Gasteiger partial charge is 0.0386 e. The molecule has 46 valence electrons. The fraction of sp³-hybridized carbons (Fsp3) is 1.00. The van der Waals surface area contributed by atoms with Crippen LogP contribution in [0.5, 0.6) is 0 Å². The molecule has 0 aromatic carbocycles. The highest BCUT2D eigenvalue weighted by Crippen LogP contribution is 2.47. The van der Waals surface area contributed by atoms with E-state index in [9.17, 15) is 0 Å². The summed E-state index contributed by atoms with van der Waals surface area (Å²) in [4.78, 5) is 0. The fourth-order valence-corrected chi connectivity index (χ4v) is 2.56. The molecule has 0 aromatic heterocycles. The first kappa shape index (κ1) is 4.84. The third-order valence-corrected chi connectivity index (χ3v) is 3.09. The van der Waals surface area contributed by atoms with E-state index in [1.54, 1.807) is 25.7 Å². The Morgan fingerprint density at radius 3 is 2.25 bits per heavy atom. The van der Waals surface area contributed by atoms with E-state index in [-0.39, 0.29) is 0 Å². The Balaban J connectivity index is 2.11. The summed E-state index contributed by atoms with van der Waals surface area (Å²) < 4.78 is 0. The van der Waals surface area contributed by atoms with Crippen molar-refractivity contribution in [3.05, 3.63) is 0 Å². The van der Waals surface area contributed by atoms with Gasteiger partial charge in [0.05, 0.1) is 0 Å². The maximum Gasteiger partial charge on any atom is -0.0386 e. The SMILES string of the molecule is C[C@H]1C[C@H]2CCC1C2. The molecule has 3 atom stereocenters. The van der Waals surface area contributed by atoms with Crippen molar-refractivity contribution >= 4 is 0 Å². The van der Waals surface area contributed by atoms with Crippen LogP contribution in [0.2, 0.25) is 0 Å². The van der Waals surface area contributed by atoms with E-state index in [0.717, 1.165) is 17.8 Å². The van der Waals surface area contributed by atoms with E-state index in [4.69, 9.17) is 0 Å². The summed E-state index contributed by atoms with van der Waals surface area (Å²) >= 11 is 0. The minimum atomic E-state index is 1.08. The van der Waals surface area contributed by atoms with Crippen LogP contribution >= 0.6 is 0 Å². The van der Waals surface area contributed by atoms with Crippen LogP contribution in [-0.2, 0) is 0 Å². The van der Waals surface area contributed by atoms with Crippen molar-refractivity contribution in [3.8, 4) is 0 Å². The summed E-state index contributed by atoms with van der Waals surface area (Å²) in [6, 6.07) is 0. The van der Waals surface area contributed by atoms with Crippen molar-refractivity contribution in [2.75, 3.05) is 0 Å². The Hall–Kier alpha value is 0. The Kier molecular flexibility index (Phi) is 0.902. The van der Waals surface area contributed by atoms with E-state index in [1.807, 2.05) is 0 Å². The van der Waals surface area contributed by atoms with Gasteiger partial charge in [0.1, 0.15) is 0 Å². The Labute approximate surface area is 51.3 Å². The fourth-order valence-electron chi connectivity index (χ4n) is 2.56. The van der Waals surface area contributed by atoms with Crippen molar-refractivity contribution in [2.45, 2.75) is 32.6 Å². The second-order valence-electron chi connectivity index (χ2n) is 3.65. The molecule has 0 aliphatic heterocycles. The lowest BCUT2D eigenvalue weighted by atomic mass is 9.91. The van der Waals surface area contributed by atoms with Crippen molar-refractivity contribution in [3.63, 3.8) is 0 Å². The van der Waals surface area contributed by atoms with E-state index in [1.165, 1.54) is 0 Å². The number of fused-ring (bicyclic) bond motifs is 2. The molecule has 2 saturated carbocycles. The van der Waals surface area contributed by atoms with Gasteiger partial charge in [-0.15, -0.1) is 0 Å². The molecule has 8 heavy (non-hydrogen) atoms. The molecule has 0 aromatic rings. The quantitative estimate of drug-likeness (QED) is 0.449. The molecule has 0 saturated heterocycles. The third-order valence-electron chi connectivity index (χ3n) is 3.09. The highest BCUT2D eigenvalue weighted by atomic mass is 14.4. The third kappa shape index (κ3) is 0.519. The number of rotatable bonds is 0. The van der Waals surface area contributed by atoms with E-state index < -0.39 is 0 Å². The average molecular weight is 110 g/mol. The minimum absolute atomic E-state index is 1.08. The largest absolute Gasteiger partial charge is 0.0622 e. The molecule has 2 aliphatic carbocycles. The summed E-state index contributed by atoms with van der Waals surface area (Å²) in [5, 5.41) is 0. The Morgan fingerprint density at radius 1 is 1.12 bits per heavy atom. The molecule has 2 bridgehead atoms. The summed E-state index contributed by atoms with van der Waals surface area (Å²) in [5.41, 5.74) is 0. The van der Waals surface area contributed by atoms with Gasteiger partial charge in [-0.3, -0.25) is 0 Å². The maximum atomic E-state index is 2.42. The van der Waals surface area contributed by atoms with Crippen LogP contribution < -0.4 is 0 Å². The Morgan fingerprint density at radius 2 is 2.00 bits per heavy atom. The van der Waals surface area contributed by atoms with Gasteiger partial charge in [0.2, 0.25) is 0 Å². The van der Waals surface area contributed by atoms with E-state index in [0.29, 0.717) is 0 Å². The molecular weight excluding hydrogens is 96.1 g/mol. The molecule has 2 aliphatic rings. The van der Waals surface area contributed by atoms with Crippen molar-refractivity contribution in [1.29, 1.82) is 0 Å². The predicted octanol–water partition coefficient (Wildman–Crippen LogP) is 2.44. The highest BCUT2D eigenvalue weighted by molar-refractivity contribution is 4.87. The van der Waals surface area contributed by atoms with Crippen LogP contribution in [0, 0.1) is 17.8 Å². The zero-order chi connectivity index (χ0) is 5.56. The topological polar surface area (TPSA) is 0 Å². The summed E-state index contributed by atoms with van der Waals surface area (Å²) in [6.07, 6.45) is 6.21. The number of hydrogen-bond acceptors (Lipinski definition) is 0. The first-order chi connectivity index (χ1) is 3.86. The zero-order valence-corrected chi connectivity index (χ0v) is 5.56. The first-order valence-electron chi connectivity index (χ1n) is 3.86. The normalized spacial score (nSPS) is 52.9. The van der Waals surface area contributed by atoms with Gasteiger partial charge in [-0.2, -0.15) is 0 Å². The van der Waals surface area contributed by atoms with Gasteiger partial charge >= 0.3 is 0 Å². The van der Waals surface area contributed by atoms with Crippen LogP contribution in [0.1, 0.15) is 32.6 Å². The molecular formula is C8H14. The van der Waals surface area contributed by atoms with Gasteiger partial charge in [-0.25, -0.2) is 0 Å². The lowest BCUT2D eigenvalue weighted by Crippen LogP contribution is -2.04. The molecule has 0 N–H and O–H groups in total.